The number of hydrogen-bond donors (Lipinski definition) is 0. The number of hydrogen-bond acceptors (Lipinski definition) is 3. The van der Waals surface area contributed by atoms with E-state index in [1.54, 1.807) is 28.0 Å². The largest absolute Gasteiger partial charge is 0.339 e. The number of nitrogens with zero attached hydrogens (tertiary/aromatic N) is 3. The maximum Gasteiger partial charge on any atom is 0.242 e. The number of carbonyl (C=O) groups excluding carboxylic acids is 3. The van der Waals surface area contributed by atoms with Crippen LogP contribution in [0.2, 0.25) is 5.02 Å². The summed E-state index contributed by atoms with van der Waals surface area (Å²) in [7, 11) is 0. The summed E-state index contributed by atoms with van der Waals surface area (Å²) >= 11 is 5.96. The third-order valence-electron chi connectivity index (χ3n) is 4.20. The van der Waals surface area contributed by atoms with Gasteiger partial charge in [0, 0.05) is 50.7 Å². The first-order chi connectivity index (χ1) is 11.3. The highest BCUT2D eigenvalue weighted by Crippen LogP contribution is 2.24. The molecule has 0 spiro atoms. The molecule has 0 radical (unpaired) electrons. The van der Waals surface area contributed by atoms with Crippen molar-refractivity contribution in [2.24, 2.45) is 0 Å². The number of piperazine rings is 1. The zero-order chi connectivity index (χ0) is 17.9. The number of benzene rings is 1. The average molecular weight is 352 g/mol. The SMILES string of the molecule is CC(=O)N1CCN(C(=O)CN(C(C)=O)c2ccc(Cl)cc2C)CC1. The van der Waals surface area contributed by atoms with E-state index in [1.807, 2.05) is 6.92 Å². The van der Waals surface area contributed by atoms with Crippen LogP contribution in [0.25, 0.3) is 0 Å². The van der Waals surface area contributed by atoms with Gasteiger partial charge in [-0.2, -0.15) is 0 Å². The molecule has 24 heavy (non-hydrogen) atoms. The molecule has 1 aromatic rings. The molecule has 0 unspecified atom stereocenters. The van der Waals surface area contributed by atoms with Gasteiger partial charge in [0.1, 0.15) is 6.54 Å². The normalized spacial score (nSPS) is 14.5. The van der Waals surface area contributed by atoms with E-state index in [1.165, 1.54) is 18.7 Å². The number of rotatable bonds is 3. The van der Waals surface area contributed by atoms with Crippen LogP contribution in [0.4, 0.5) is 5.69 Å². The minimum Gasteiger partial charge on any atom is -0.339 e. The second-order valence-electron chi connectivity index (χ2n) is 5.92. The minimum atomic E-state index is -0.198. The van der Waals surface area contributed by atoms with Gasteiger partial charge >= 0.3 is 0 Å². The summed E-state index contributed by atoms with van der Waals surface area (Å²) in [5, 5.41) is 0.589. The van der Waals surface area contributed by atoms with Crippen LogP contribution < -0.4 is 4.90 Å². The zero-order valence-electron chi connectivity index (χ0n) is 14.2. The van der Waals surface area contributed by atoms with Crippen molar-refractivity contribution in [2.45, 2.75) is 20.8 Å². The Morgan fingerprint density at radius 1 is 1.08 bits per heavy atom. The Morgan fingerprint density at radius 2 is 1.67 bits per heavy atom. The topological polar surface area (TPSA) is 60.9 Å². The summed E-state index contributed by atoms with van der Waals surface area (Å²) in [6, 6.07) is 5.22. The Bertz CT molecular complexity index is 654. The highest BCUT2D eigenvalue weighted by atomic mass is 35.5. The van der Waals surface area contributed by atoms with Crippen molar-refractivity contribution in [2.75, 3.05) is 37.6 Å². The minimum absolute atomic E-state index is 0.0160. The van der Waals surface area contributed by atoms with Crippen molar-refractivity contribution in [3.63, 3.8) is 0 Å². The molecule has 2 rings (SSSR count). The Hall–Kier alpha value is -2.08. The van der Waals surface area contributed by atoms with Gasteiger partial charge < -0.3 is 14.7 Å². The number of amides is 3. The van der Waals surface area contributed by atoms with Gasteiger partial charge in [0.15, 0.2) is 0 Å². The van der Waals surface area contributed by atoms with E-state index in [0.29, 0.717) is 36.9 Å². The highest BCUT2D eigenvalue weighted by Gasteiger charge is 2.25. The summed E-state index contributed by atoms with van der Waals surface area (Å²) in [5.41, 5.74) is 1.52. The summed E-state index contributed by atoms with van der Waals surface area (Å²) in [5.74, 6) is -0.303. The third-order valence-corrected chi connectivity index (χ3v) is 4.44. The average Bonchev–Trinajstić information content (AvgIpc) is 2.53. The maximum atomic E-state index is 12.5. The van der Waals surface area contributed by atoms with E-state index in [2.05, 4.69) is 0 Å². The quantitative estimate of drug-likeness (QED) is 0.832. The van der Waals surface area contributed by atoms with Crippen LogP contribution >= 0.6 is 11.6 Å². The molecule has 0 atom stereocenters. The lowest BCUT2D eigenvalue weighted by Gasteiger charge is -2.35. The molecule has 1 aromatic carbocycles. The lowest BCUT2D eigenvalue weighted by molar-refractivity contribution is -0.137. The number of aryl methyl sites for hydroxylation is 1. The Kier molecular flexibility index (Phi) is 5.83. The van der Waals surface area contributed by atoms with Crippen molar-refractivity contribution in [3.05, 3.63) is 28.8 Å². The number of carbonyl (C=O) groups is 3. The molecule has 7 heteroatoms. The lowest BCUT2D eigenvalue weighted by Crippen LogP contribution is -2.52. The first-order valence-corrected chi connectivity index (χ1v) is 8.25. The molecule has 1 aliphatic rings. The van der Waals surface area contributed by atoms with Crippen LogP contribution in [0.1, 0.15) is 19.4 Å². The molecule has 1 fully saturated rings. The Labute approximate surface area is 147 Å². The van der Waals surface area contributed by atoms with E-state index in [9.17, 15) is 14.4 Å². The second kappa shape index (κ2) is 7.66. The first kappa shape index (κ1) is 18.3. The molecule has 0 bridgehead atoms. The fourth-order valence-corrected chi connectivity index (χ4v) is 3.02. The summed E-state index contributed by atoms with van der Waals surface area (Å²) < 4.78 is 0. The Morgan fingerprint density at radius 3 is 2.17 bits per heavy atom. The van der Waals surface area contributed by atoms with Gasteiger partial charge in [-0.15, -0.1) is 0 Å². The molecule has 0 aliphatic carbocycles. The van der Waals surface area contributed by atoms with Gasteiger partial charge in [-0.25, -0.2) is 0 Å². The molecule has 0 aromatic heterocycles. The van der Waals surface area contributed by atoms with Crippen LogP contribution in [0.3, 0.4) is 0 Å². The predicted octanol–water partition coefficient (Wildman–Crippen LogP) is 1.69. The fraction of sp³-hybridized carbons (Fsp3) is 0.471. The van der Waals surface area contributed by atoms with Gasteiger partial charge in [-0.1, -0.05) is 11.6 Å². The maximum absolute atomic E-state index is 12.5. The highest BCUT2D eigenvalue weighted by molar-refractivity contribution is 6.30. The lowest BCUT2D eigenvalue weighted by atomic mass is 10.1. The van der Waals surface area contributed by atoms with E-state index in [-0.39, 0.29) is 24.3 Å². The van der Waals surface area contributed by atoms with Crippen molar-refractivity contribution in [1.82, 2.24) is 9.80 Å². The second-order valence-corrected chi connectivity index (χ2v) is 6.36. The van der Waals surface area contributed by atoms with Crippen LogP contribution in [-0.2, 0) is 14.4 Å². The van der Waals surface area contributed by atoms with E-state index >= 15 is 0 Å². The van der Waals surface area contributed by atoms with E-state index in [4.69, 9.17) is 11.6 Å². The van der Waals surface area contributed by atoms with Crippen molar-refractivity contribution >= 4 is 35.0 Å². The molecule has 130 valence electrons. The molecule has 1 heterocycles. The first-order valence-electron chi connectivity index (χ1n) is 7.87. The van der Waals surface area contributed by atoms with Crippen molar-refractivity contribution in [1.29, 1.82) is 0 Å². The molecule has 1 saturated heterocycles. The monoisotopic (exact) mass is 351 g/mol. The summed E-state index contributed by atoms with van der Waals surface area (Å²) in [6.07, 6.45) is 0. The van der Waals surface area contributed by atoms with Crippen LogP contribution in [0.5, 0.6) is 0 Å². The smallest absolute Gasteiger partial charge is 0.242 e. The van der Waals surface area contributed by atoms with Crippen LogP contribution in [0, 0.1) is 6.92 Å². The standard InChI is InChI=1S/C17H22ClN3O3/c1-12-10-15(18)4-5-16(12)21(14(3)23)11-17(24)20-8-6-19(7-9-20)13(2)22/h4-5,10H,6-9,11H2,1-3H3. The summed E-state index contributed by atoms with van der Waals surface area (Å²) in [4.78, 5) is 40.8. The molecule has 3 amide bonds. The molecular weight excluding hydrogens is 330 g/mol. The Balaban J connectivity index is 2.07. The molecular formula is C17H22ClN3O3. The van der Waals surface area contributed by atoms with Gasteiger partial charge in [0.25, 0.3) is 0 Å². The molecule has 0 N–H and O–H groups in total. The van der Waals surface area contributed by atoms with E-state index < -0.39 is 0 Å². The zero-order valence-corrected chi connectivity index (χ0v) is 15.0. The van der Waals surface area contributed by atoms with Gasteiger partial charge in [-0.05, 0) is 30.7 Å². The van der Waals surface area contributed by atoms with Crippen molar-refractivity contribution < 1.29 is 14.4 Å². The molecule has 1 aliphatic heterocycles. The van der Waals surface area contributed by atoms with Gasteiger partial charge in [0.2, 0.25) is 17.7 Å². The third kappa shape index (κ3) is 4.26. The molecule has 6 nitrogen and oxygen atoms in total. The fourth-order valence-electron chi connectivity index (χ4n) is 2.79. The predicted molar refractivity (Wildman–Crippen MR) is 93.1 cm³/mol. The van der Waals surface area contributed by atoms with Crippen LogP contribution in [-0.4, -0.2) is 60.2 Å². The van der Waals surface area contributed by atoms with Gasteiger partial charge in [0.05, 0.1) is 0 Å². The van der Waals surface area contributed by atoms with Gasteiger partial charge in [-0.3, -0.25) is 14.4 Å². The number of halogens is 1. The summed E-state index contributed by atoms with van der Waals surface area (Å²) in [6.45, 7) is 6.84. The van der Waals surface area contributed by atoms with Crippen LogP contribution in [0.15, 0.2) is 18.2 Å². The van der Waals surface area contributed by atoms with E-state index in [0.717, 1.165) is 5.56 Å². The molecule has 0 saturated carbocycles. The number of anilines is 1. The van der Waals surface area contributed by atoms with Crippen molar-refractivity contribution in [3.8, 4) is 0 Å².